The molecule has 3 heteroatoms. The van der Waals surface area contributed by atoms with Gasteiger partial charge in [-0.05, 0) is 49.3 Å². The highest BCUT2D eigenvalue weighted by molar-refractivity contribution is 9.50. The average Bonchev–Trinajstić information content (AvgIpc) is 2.05. The van der Waals surface area contributed by atoms with Gasteiger partial charge in [-0.1, -0.05) is 0 Å². The van der Waals surface area contributed by atoms with E-state index in [9.17, 15) is 0 Å². The van der Waals surface area contributed by atoms with E-state index in [-0.39, 0.29) is 0 Å². The SMILES string of the molecule is COc1ccc(SBr)cc1. The smallest absolute Gasteiger partial charge is 0.118 e. The second kappa shape index (κ2) is 3.88. The first-order valence-electron chi connectivity index (χ1n) is 2.79. The van der Waals surface area contributed by atoms with Crippen LogP contribution in [0.3, 0.4) is 0 Å². The van der Waals surface area contributed by atoms with Gasteiger partial charge in [-0.2, -0.15) is 0 Å². The van der Waals surface area contributed by atoms with E-state index in [1.807, 2.05) is 24.3 Å². The minimum absolute atomic E-state index is 0.894. The summed E-state index contributed by atoms with van der Waals surface area (Å²) in [5, 5.41) is 0. The number of hydrogen-bond donors (Lipinski definition) is 0. The van der Waals surface area contributed by atoms with Crippen LogP contribution in [-0.4, -0.2) is 7.11 Å². The number of benzene rings is 1. The molecule has 1 nitrogen and oxygen atoms in total. The van der Waals surface area contributed by atoms with Gasteiger partial charge in [-0.15, -0.1) is 0 Å². The lowest BCUT2D eigenvalue weighted by Crippen LogP contribution is -1.79. The Kier molecular flexibility index (Phi) is 3.09. The van der Waals surface area contributed by atoms with Crippen LogP contribution in [0.15, 0.2) is 29.2 Å². The highest BCUT2D eigenvalue weighted by atomic mass is 79.9. The Labute approximate surface area is 72.0 Å². The molecule has 0 saturated carbocycles. The molecule has 0 amide bonds. The molecule has 0 atom stereocenters. The van der Waals surface area contributed by atoms with Gasteiger partial charge >= 0.3 is 0 Å². The third-order valence-electron chi connectivity index (χ3n) is 1.15. The van der Waals surface area contributed by atoms with Gasteiger partial charge in [0.05, 0.1) is 7.11 Å². The van der Waals surface area contributed by atoms with Crippen molar-refractivity contribution in [1.82, 2.24) is 0 Å². The van der Waals surface area contributed by atoms with Crippen molar-refractivity contribution in [2.45, 2.75) is 4.90 Å². The monoisotopic (exact) mass is 218 g/mol. The molecule has 0 saturated heterocycles. The van der Waals surface area contributed by atoms with Gasteiger partial charge in [0.1, 0.15) is 5.75 Å². The molecule has 0 aliphatic rings. The number of methoxy groups -OCH3 is 1. The van der Waals surface area contributed by atoms with Gasteiger partial charge in [0.25, 0.3) is 0 Å². The van der Waals surface area contributed by atoms with E-state index in [1.54, 1.807) is 17.3 Å². The summed E-state index contributed by atoms with van der Waals surface area (Å²) >= 11 is 3.28. The number of halogens is 1. The fourth-order valence-electron chi connectivity index (χ4n) is 0.627. The lowest BCUT2D eigenvalue weighted by Gasteiger charge is -1.98. The maximum atomic E-state index is 4.99. The Morgan fingerprint density at radius 3 is 2.30 bits per heavy atom. The van der Waals surface area contributed by atoms with Gasteiger partial charge in [0.15, 0.2) is 0 Å². The van der Waals surface area contributed by atoms with Crippen molar-refractivity contribution < 1.29 is 4.74 Å². The van der Waals surface area contributed by atoms with E-state index in [0.717, 1.165) is 5.75 Å². The largest absolute Gasteiger partial charge is 0.497 e. The lowest BCUT2D eigenvalue weighted by atomic mass is 10.3. The van der Waals surface area contributed by atoms with E-state index >= 15 is 0 Å². The second-order valence-electron chi connectivity index (χ2n) is 1.75. The normalized spacial score (nSPS) is 9.40. The maximum Gasteiger partial charge on any atom is 0.118 e. The third kappa shape index (κ3) is 1.92. The summed E-state index contributed by atoms with van der Waals surface area (Å²) in [6.07, 6.45) is 0. The third-order valence-corrected chi connectivity index (χ3v) is 2.72. The van der Waals surface area contributed by atoms with Crippen LogP contribution in [0.2, 0.25) is 0 Å². The second-order valence-corrected chi connectivity index (χ2v) is 3.35. The molecule has 0 radical (unpaired) electrons. The summed E-state index contributed by atoms with van der Waals surface area (Å²) in [5.74, 6) is 0.894. The fourth-order valence-corrected chi connectivity index (χ4v) is 1.51. The standard InChI is InChI=1S/C7H7BrOS/c1-9-6-2-4-7(10-8)5-3-6/h2-5H,1H3. The van der Waals surface area contributed by atoms with Gasteiger partial charge in [0, 0.05) is 4.90 Å². The number of ether oxygens (including phenoxy) is 1. The molecule has 54 valence electrons. The summed E-state index contributed by atoms with van der Waals surface area (Å²) < 4.78 is 4.99. The molecule has 0 N–H and O–H groups in total. The Morgan fingerprint density at radius 2 is 1.90 bits per heavy atom. The van der Waals surface area contributed by atoms with Crippen molar-refractivity contribution in [3.05, 3.63) is 24.3 Å². The van der Waals surface area contributed by atoms with Crippen molar-refractivity contribution in [3.8, 4) is 5.75 Å². The molecule has 1 aromatic carbocycles. The molecule has 10 heavy (non-hydrogen) atoms. The van der Waals surface area contributed by atoms with Crippen LogP contribution in [0, 0.1) is 0 Å². The van der Waals surface area contributed by atoms with Crippen molar-refractivity contribution in [3.63, 3.8) is 0 Å². The molecule has 0 spiro atoms. The van der Waals surface area contributed by atoms with Crippen LogP contribution in [0.25, 0.3) is 0 Å². The van der Waals surface area contributed by atoms with Crippen molar-refractivity contribution in [2.24, 2.45) is 0 Å². The van der Waals surface area contributed by atoms with Crippen LogP contribution < -0.4 is 4.74 Å². The molecule has 0 heterocycles. The van der Waals surface area contributed by atoms with Crippen LogP contribution in [-0.2, 0) is 0 Å². The molecule has 0 aliphatic heterocycles. The molecule has 1 rings (SSSR count). The average molecular weight is 219 g/mol. The van der Waals surface area contributed by atoms with Gasteiger partial charge in [-0.3, -0.25) is 0 Å². The Hall–Kier alpha value is -0.150. The Balaban J connectivity index is 2.80. The van der Waals surface area contributed by atoms with Crippen LogP contribution >= 0.6 is 25.0 Å². The zero-order chi connectivity index (χ0) is 7.40. The minimum atomic E-state index is 0.894. The lowest BCUT2D eigenvalue weighted by molar-refractivity contribution is 0.414. The summed E-state index contributed by atoms with van der Waals surface area (Å²) in [6, 6.07) is 7.86. The Bertz CT molecular complexity index is 174. The van der Waals surface area contributed by atoms with E-state index in [1.165, 1.54) is 4.90 Å². The molecule has 1 aromatic rings. The molecular formula is C7H7BrOS. The highest BCUT2D eigenvalue weighted by Crippen LogP contribution is 2.25. The van der Waals surface area contributed by atoms with Crippen molar-refractivity contribution in [1.29, 1.82) is 0 Å². The molecule has 0 bridgehead atoms. The van der Waals surface area contributed by atoms with E-state index in [2.05, 4.69) is 14.8 Å². The topological polar surface area (TPSA) is 9.23 Å². The first-order chi connectivity index (χ1) is 4.86. The molecular weight excluding hydrogens is 212 g/mol. The summed E-state index contributed by atoms with van der Waals surface area (Å²) in [4.78, 5) is 1.18. The van der Waals surface area contributed by atoms with E-state index < -0.39 is 0 Å². The molecule has 0 aromatic heterocycles. The first-order valence-corrected chi connectivity index (χ1v) is 5.45. The van der Waals surface area contributed by atoms with Crippen LogP contribution in [0.1, 0.15) is 0 Å². The maximum absolute atomic E-state index is 4.99. The number of rotatable bonds is 2. The van der Waals surface area contributed by atoms with Crippen LogP contribution in [0.4, 0.5) is 0 Å². The zero-order valence-electron chi connectivity index (χ0n) is 5.50. The van der Waals surface area contributed by atoms with Gasteiger partial charge in [0.2, 0.25) is 0 Å². The van der Waals surface area contributed by atoms with E-state index in [0.29, 0.717) is 0 Å². The quantitative estimate of drug-likeness (QED) is 0.755. The molecule has 0 fully saturated rings. The summed E-state index contributed by atoms with van der Waals surface area (Å²) in [6.45, 7) is 0. The minimum Gasteiger partial charge on any atom is -0.497 e. The first kappa shape index (κ1) is 7.95. The fraction of sp³-hybridized carbons (Fsp3) is 0.143. The molecule has 0 aliphatic carbocycles. The highest BCUT2D eigenvalue weighted by Gasteiger charge is 1.90. The number of hydrogen-bond acceptors (Lipinski definition) is 2. The zero-order valence-corrected chi connectivity index (χ0v) is 7.91. The van der Waals surface area contributed by atoms with Crippen molar-refractivity contribution >= 4 is 25.0 Å². The predicted molar refractivity (Wildman–Crippen MR) is 47.8 cm³/mol. The summed E-state index contributed by atoms with van der Waals surface area (Å²) in [7, 11) is 3.21. The summed E-state index contributed by atoms with van der Waals surface area (Å²) in [5.41, 5.74) is 0. The van der Waals surface area contributed by atoms with E-state index in [4.69, 9.17) is 4.74 Å². The Morgan fingerprint density at radius 1 is 1.30 bits per heavy atom. The predicted octanol–water partition coefficient (Wildman–Crippen LogP) is 3.10. The van der Waals surface area contributed by atoms with Crippen molar-refractivity contribution in [2.75, 3.05) is 7.11 Å². The van der Waals surface area contributed by atoms with Gasteiger partial charge < -0.3 is 4.74 Å². The molecule has 0 unspecified atom stereocenters. The van der Waals surface area contributed by atoms with Crippen LogP contribution in [0.5, 0.6) is 5.75 Å². The van der Waals surface area contributed by atoms with Gasteiger partial charge in [-0.25, -0.2) is 0 Å².